The molecule has 0 atom stereocenters. The van der Waals surface area contributed by atoms with E-state index in [1.807, 2.05) is 25.1 Å². The van der Waals surface area contributed by atoms with Crippen molar-refractivity contribution >= 4 is 5.69 Å². The van der Waals surface area contributed by atoms with E-state index in [-0.39, 0.29) is 5.41 Å². The Hall–Kier alpha value is -2.10. The summed E-state index contributed by atoms with van der Waals surface area (Å²) in [5.74, 6) is 1.39. The smallest absolute Gasteiger partial charge is 0.161 e. The molecule has 0 aliphatic carbocycles. The molecule has 2 rings (SSSR count). The fourth-order valence-corrected chi connectivity index (χ4v) is 1.94. The minimum Gasteiger partial charge on any atom is -0.497 e. The van der Waals surface area contributed by atoms with Gasteiger partial charge in [-0.2, -0.15) is 0 Å². The average Bonchev–Trinajstić information content (AvgIpc) is 2.36. The zero-order chi connectivity index (χ0) is 14.9. The largest absolute Gasteiger partial charge is 0.497 e. The van der Waals surface area contributed by atoms with Crippen LogP contribution in [0.3, 0.4) is 0 Å². The molecule has 1 heterocycles. The molecule has 20 heavy (non-hydrogen) atoms. The molecule has 4 nitrogen and oxygen atoms in total. The van der Waals surface area contributed by atoms with Gasteiger partial charge in [0, 0.05) is 28.4 Å². The van der Waals surface area contributed by atoms with Gasteiger partial charge in [0.2, 0.25) is 0 Å². The lowest BCUT2D eigenvalue weighted by Crippen LogP contribution is -2.15. The highest BCUT2D eigenvalue weighted by atomic mass is 16.5. The zero-order valence-electron chi connectivity index (χ0n) is 12.7. The van der Waals surface area contributed by atoms with Crippen molar-refractivity contribution in [2.45, 2.75) is 33.1 Å². The van der Waals surface area contributed by atoms with Crippen molar-refractivity contribution in [2.24, 2.45) is 0 Å². The SMILES string of the molecule is COc1ccc(-c2nc(C)cc(C(C)(C)C)n2)c(N)c1. The Bertz CT molecular complexity index is 630. The van der Waals surface area contributed by atoms with Gasteiger partial charge in [0.25, 0.3) is 0 Å². The summed E-state index contributed by atoms with van der Waals surface area (Å²) in [7, 11) is 1.62. The highest BCUT2D eigenvalue weighted by Gasteiger charge is 2.18. The minimum atomic E-state index is -0.0241. The van der Waals surface area contributed by atoms with Crippen LogP contribution in [0.1, 0.15) is 32.2 Å². The first-order valence-electron chi connectivity index (χ1n) is 6.61. The number of aryl methyl sites for hydroxylation is 1. The molecule has 0 aliphatic rings. The third-order valence-corrected chi connectivity index (χ3v) is 3.12. The van der Waals surface area contributed by atoms with Crippen molar-refractivity contribution in [3.05, 3.63) is 35.7 Å². The molecule has 0 fully saturated rings. The normalized spacial score (nSPS) is 11.4. The van der Waals surface area contributed by atoms with E-state index < -0.39 is 0 Å². The lowest BCUT2D eigenvalue weighted by Gasteiger charge is -2.19. The Morgan fingerprint density at radius 1 is 1.10 bits per heavy atom. The first kappa shape index (κ1) is 14.3. The molecular weight excluding hydrogens is 250 g/mol. The predicted molar refractivity (Wildman–Crippen MR) is 81.9 cm³/mol. The molecule has 106 valence electrons. The molecule has 0 unspecified atom stereocenters. The number of ether oxygens (including phenoxy) is 1. The number of methoxy groups -OCH3 is 1. The van der Waals surface area contributed by atoms with E-state index in [4.69, 9.17) is 10.5 Å². The molecule has 0 radical (unpaired) electrons. The molecule has 0 amide bonds. The van der Waals surface area contributed by atoms with Crippen molar-refractivity contribution in [1.82, 2.24) is 9.97 Å². The van der Waals surface area contributed by atoms with Crippen molar-refractivity contribution in [3.63, 3.8) is 0 Å². The quantitative estimate of drug-likeness (QED) is 0.851. The van der Waals surface area contributed by atoms with E-state index in [9.17, 15) is 0 Å². The number of hydrogen-bond acceptors (Lipinski definition) is 4. The third kappa shape index (κ3) is 2.90. The van der Waals surface area contributed by atoms with E-state index in [0.717, 1.165) is 22.7 Å². The van der Waals surface area contributed by atoms with E-state index in [1.165, 1.54) is 0 Å². The van der Waals surface area contributed by atoms with Crippen LogP contribution in [-0.2, 0) is 5.41 Å². The first-order valence-corrected chi connectivity index (χ1v) is 6.61. The summed E-state index contributed by atoms with van der Waals surface area (Å²) in [5.41, 5.74) is 9.46. The summed E-state index contributed by atoms with van der Waals surface area (Å²) in [6, 6.07) is 7.57. The van der Waals surface area contributed by atoms with Crippen LogP contribution in [0.25, 0.3) is 11.4 Å². The maximum Gasteiger partial charge on any atom is 0.161 e. The van der Waals surface area contributed by atoms with Gasteiger partial charge in [-0.3, -0.25) is 0 Å². The van der Waals surface area contributed by atoms with E-state index in [2.05, 4.69) is 30.7 Å². The van der Waals surface area contributed by atoms with Gasteiger partial charge < -0.3 is 10.5 Å². The highest BCUT2D eigenvalue weighted by molar-refractivity contribution is 5.73. The zero-order valence-corrected chi connectivity index (χ0v) is 12.7. The van der Waals surface area contributed by atoms with Gasteiger partial charge in [0.15, 0.2) is 5.82 Å². The Kier molecular flexibility index (Phi) is 3.66. The Balaban J connectivity index is 2.55. The molecule has 0 saturated carbocycles. The summed E-state index contributed by atoms with van der Waals surface area (Å²) >= 11 is 0. The van der Waals surface area contributed by atoms with Crippen molar-refractivity contribution < 1.29 is 4.74 Å². The van der Waals surface area contributed by atoms with Crippen molar-refractivity contribution in [3.8, 4) is 17.1 Å². The van der Waals surface area contributed by atoms with Crippen LogP contribution >= 0.6 is 0 Å². The van der Waals surface area contributed by atoms with Gasteiger partial charge in [-0.05, 0) is 25.1 Å². The van der Waals surface area contributed by atoms with E-state index in [1.54, 1.807) is 13.2 Å². The standard InChI is InChI=1S/C16H21N3O/c1-10-8-14(16(2,3)4)19-15(18-10)12-7-6-11(20-5)9-13(12)17/h6-9H,17H2,1-5H3. The number of hydrogen-bond donors (Lipinski definition) is 1. The molecule has 1 aromatic heterocycles. The van der Waals surface area contributed by atoms with Gasteiger partial charge >= 0.3 is 0 Å². The maximum atomic E-state index is 6.08. The van der Waals surface area contributed by atoms with Crippen molar-refractivity contribution in [1.29, 1.82) is 0 Å². The second-order valence-corrected chi connectivity index (χ2v) is 5.92. The number of benzene rings is 1. The van der Waals surface area contributed by atoms with E-state index in [0.29, 0.717) is 11.5 Å². The van der Waals surface area contributed by atoms with Crippen LogP contribution in [0.2, 0.25) is 0 Å². The second kappa shape index (κ2) is 5.12. The maximum absolute atomic E-state index is 6.08. The number of anilines is 1. The molecule has 0 aliphatic heterocycles. The van der Waals surface area contributed by atoms with Gasteiger partial charge in [-0.25, -0.2) is 9.97 Å². The van der Waals surface area contributed by atoms with Crippen LogP contribution in [0.4, 0.5) is 5.69 Å². The Morgan fingerprint density at radius 2 is 1.80 bits per heavy atom. The molecule has 2 N–H and O–H groups in total. The Morgan fingerprint density at radius 3 is 2.35 bits per heavy atom. The number of nitrogen functional groups attached to an aromatic ring is 1. The summed E-state index contributed by atoms with van der Waals surface area (Å²) in [4.78, 5) is 9.16. The second-order valence-electron chi connectivity index (χ2n) is 5.92. The minimum absolute atomic E-state index is 0.0241. The molecule has 1 aromatic carbocycles. The molecule has 0 bridgehead atoms. The number of rotatable bonds is 2. The summed E-state index contributed by atoms with van der Waals surface area (Å²) in [5, 5.41) is 0. The lowest BCUT2D eigenvalue weighted by atomic mass is 9.91. The Labute approximate surface area is 120 Å². The van der Waals surface area contributed by atoms with Gasteiger partial charge in [-0.15, -0.1) is 0 Å². The highest BCUT2D eigenvalue weighted by Crippen LogP contribution is 2.29. The van der Waals surface area contributed by atoms with Gasteiger partial charge in [0.05, 0.1) is 12.8 Å². The van der Waals surface area contributed by atoms with Gasteiger partial charge in [-0.1, -0.05) is 20.8 Å². The fraction of sp³-hybridized carbons (Fsp3) is 0.375. The third-order valence-electron chi connectivity index (χ3n) is 3.12. The summed E-state index contributed by atoms with van der Waals surface area (Å²) in [6.45, 7) is 8.38. The first-order chi connectivity index (χ1) is 9.31. The van der Waals surface area contributed by atoms with Crippen LogP contribution < -0.4 is 10.5 Å². The van der Waals surface area contributed by atoms with E-state index >= 15 is 0 Å². The molecule has 2 aromatic rings. The van der Waals surface area contributed by atoms with Crippen LogP contribution in [0, 0.1) is 6.92 Å². The summed E-state index contributed by atoms with van der Waals surface area (Å²) in [6.07, 6.45) is 0. The summed E-state index contributed by atoms with van der Waals surface area (Å²) < 4.78 is 5.17. The fourth-order valence-electron chi connectivity index (χ4n) is 1.94. The van der Waals surface area contributed by atoms with Crippen LogP contribution in [-0.4, -0.2) is 17.1 Å². The molecule has 4 heteroatoms. The van der Waals surface area contributed by atoms with Gasteiger partial charge in [0.1, 0.15) is 5.75 Å². The lowest BCUT2D eigenvalue weighted by molar-refractivity contribution is 0.415. The topological polar surface area (TPSA) is 61.0 Å². The monoisotopic (exact) mass is 271 g/mol. The predicted octanol–water partition coefficient (Wildman–Crippen LogP) is 3.34. The molecule has 0 saturated heterocycles. The average molecular weight is 271 g/mol. The number of nitrogens with zero attached hydrogens (tertiary/aromatic N) is 2. The number of nitrogens with two attached hydrogens (primary N) is 1. The molecule has 0 spiro atoms. The molecular formula is C16H21N3O. The van der Waals surface area contributed by atoms with Crippen LogP contribution in [0.5, 0.6) is 5.75 Å². The van der Waals surface area contributed by atoms with Crippen LogP contribution in [0.15, 0.2) is 24.3 Å². The van der Waals surface area contributed by atoms with Crippen molar-refractivity contribution in [2.75, 3.05) is 12.8 Å². The number of aromatic nitrogens is 2.